The van der Waals surface area contributed by atoms with Crippen LogP contribution in [0.2, 0.25) is 0 Å². The molecule has 1 fully saturated rings. The summed E-state index contributed by atoms with van der Waals surface area (Å²) < 4.78 is 0. The number of pyridine rings is 1. The Morgan fingerprint density at radius 2 is 2.26 bits per heavy atom. The number of hydrogen-bond acceptors (Lipinski definition) is 5. The Balaban J connectivity index is 2.27. The molecular weight excluding hydrogens is 248 g/mol. The molecule has 1 saturated heterocycles. The van der Waals surface area contributed by atoms with Crippen LogP contribution >= 0.6 is 0 Å². The minimum atomic E-state index is -0.690. The molecule has 1 aromatic rings. The van der Waals surface area contributed by atoms with Gasteiger partial charge in [0.15, 0.2) is 0 Å². The van der Waals surface area contributed by atoms with E-state index in [0.717, 1.165) is 5.69 Å². The highest BCUT2D eigenvalue weighted by molar-refractivity contribution is 6.06. The lowest BCUT2D eigenvalue weighted by Crippen LogP contribution is -2.58. The Kier molecular flexibility index (Phi) is 3.46. The topological polar surface area (TPSA) is 91.4 Å². The first-order valence-corrected chi connectivity index (χ1v) is 5.81. The van der Waals surface area contributed by atoms with Crippen LogP contribution in [0.25, 0.3) is 0 Å². The SMILES string of the molecule is CNc1ccnc(C(=O)N2CC(=O)NC(=O)C2C)c1. The molecule has 7 nitrogen and oxygen atoms in total. The lowest BCUT2D eigenvalue weighted by molar-refractivity contribution is -0.138. The number of rotatable bonds is 2. The molecule has 2 rings (SSSR count). The molecule has 0 spiro atoms. The summed E-state index contributed by atoms with van der Waals surface area (Å²) in [5.41, 5.74) is 0.931. The van der Waals surface area contributed by atoms with Gasteiger partial charge in [-0.2, -0.15) is 0 Å². The minimum Gasteiger partial charge on any atom is -0.388 e. The third-order valence-corrected chi connectivity index (χ3v) is 2.95. The second kappa shape index (κ2) is 5.05. The average Bonchev–Trinajstić information content (AvgIpc) is 2.42. The van der Waals surface area contributed by atoms with Crippen molar-refractivity contribution in [3.8, 4) is 0 Å². The van der Waals surface area contributed by atoms with Gasteiger partial charge < -0.3 is 10.2 Å². The Hall–Kier alpha value is -2.44. The molecule has 1 unspecified atom stereocenters. The van der Waals surface area contributed by atoms with Crippen LogP contribution < -0.4 is 10.6 Å². The van der Waals surface area contributed by atoms with E-state index in [4.69, 9.17) is 0 Å². The van der Waals surface area contributed by atoms with Crippen LogP contribution in [0.4, 0.5) is 5.69 Å². The number of nitrogens with zero attached hydrogens (tertiary/aromatic N) is 2. The fraction of sp³-hybridized carbons (Fsp3) is 0.333. The second-order valence-electron chi connectivity index (χ2n) is 4.20. The molecular formula is C12H14N4O3. The molecule has 1 aliphatic rings. The average molecular weight is 262 g/mol. The molecule has 2 heterocycles. The Labute approximate surface area is 110 Å². The first-order valence-electron chi connectivity index (χ1n) is 5.81. The molecule has 0 aliphatic carbocycles. The number of nitrogens with one attached hydrogen (secondary N) is 2. The zero-order valence-electron chi connectivity index (χ0n) is 10.6. The maximum atomic E-state index is 12.3. The van der Waals surface area contributed by atoms with Crippen molar-refractivity contribution < 1.29 is 14.4 Å². The van der Waals surface area contributed by atoms with Crippen LogP contribution in [0.3, 0.4) is 0 Å². The summed E-state index contributed by atoms with van der Waals surface area (Å²) in [4.78, 5) is 40.3. The lowest BCUT2D eigenvalue weighted by Gasteiger charge is -2.31. The van der Waals surface area contributed by atoms with Gasteiger partial charge >= 0.3 is 0 Å². The van der Waals surface area contributed by atoms with Gasteiger partial charge in [-0.15, -0.1) is 0 Å². The summed E-state index contributed by atoms with van der Waals surface area (Å²) in [6.07, 6.45) is 1.50. The van der Waals surface area contributed by atoms with Gasteiger partial charge in [0.1, 0.15) is 18.3 Å². The fourth-order valence-electron chi connectivity index (χ4n) is 1.81. The summed E-state index contributed by atoms with van der Waals surface area (Å²) >= 11 is 0. The maximum Gasteiger partial charge on any atom is 0.273 e. The number of piperazine rings is 1. The number of carbonyl (C=O) groups is 3. The van der Waals surface area contributed by atoms with Crippen LogP contribution in [0, 0.1) is 0 Å². The number of imide groups is 1. The molecule has 0 bridgehead atoms. The van der Waals surface area contributed by atoms with E-state index in [0.29, 0.717) is 0 Å². The molecule has 100 valence electrons. The molecule has 2 N–H and O–H groups in total. The Morgan fingerprint density at radius 1 is 1.53 bits per heavy atom. The quantitative estimate of drug-likeness (QED) is 0.708. The molecule has 7 heteroatoms. The maximum absolute atomic E-state index is 12.3. The van der Waals surface area contributed by atoms with Gasteiger partial charge in [-0.05, 0) is 19.1 Å². The van der Waals surface area contributed by atoms with Crippen LogP contribution in [-0.4, -0.2) is 47.2 Å². The van der Waals surface area contributed by atoms with E-state index in [9.17, 15) is 14.4 Å². The van der Waals surface area contributed by atoms with Crippen molar-refractivity contribution in [1.29, 1.82) is 0 Å². The van der Waals surface area contributed by atoms with E-state index in [2.05, 4.69) is 15.6 Å². The van der Waals surface area contributed by atoms with Gasteiger partial charge in [-0.25, -0.2) is 0 Å². The van der Waals surface area contributed by atoms with Gasteiger partial charge in [0.05, 0.1) is 0 Å². The predicted octanol–water partition coefficient (Wildman–Crippen LogP) is -0.390. The van der Waals surface area contributed by atoms with Gasteiger partial charge in [0.25, 0.3) is 5.91 Å². The van der Waals surface area contributed by atoms with Crippen molar-refractivity contribution in [3.05, 3.63) is 24.0 Å². The number of carbonyl (C=O) groups excluding carboxylic acids is 3. The second-order valence-corrected chi connectivity index (χ2v) is 4.20. The lowest BCUT2D eigenvalue weighted by atomic mass is 10.1. The third kappa shape index (κ3) is 2.54. The monoisotopic (exact) mass is 262 g/mol. The van der Waals surface area contributed by atoms with Crippen LogP contribution in [0.1, 0.15) is 17.4 Å². The Morgan fingerprint density at radius 3 is 2.95 bits per heavy atom. The molecule has 0 saturated carbocycles. The number of aromatic nitrogens is 1. The highest BCUT2D eigenvalue weighted by Gasteiger charge is 2.34. The fourth-order valence-corrected chi connectivity index (χ4v) is 1.81. The standard InChI is InChI=1S/C12H14N4O3/c1-7-11(18)15-10(17)6-16(7)12(19)9-5-8(13-2)3-4-14-9/h3-5,7H,6H2,1-2H3,(H,13,14)(H,15,17,18). The van der Waals surface area contributed by atoms with Crippen LogP contribution in [0.5, 0.6) is 0 Å². The molecule has 3 amide bonds. The zero-order chi connectivity index (χ0) is 14.0. The van der Waals surface area contributed by atoms with Crippen molar-refractivity contribution in [2.45, 2.75) is 13.0 Å². The summed E-state index contributed by atoms with van der Waals surface area (Å²) in [7, 11) is 1.73. The number of amides is 3. The molecule has 0 radical (unpaired) electrons. The smallest absolute Gasteiger partial charge is 0.273 e. The van der Waals surface area contributed by atoms with Crippen LogP contribution in [-0.2, 0) is 9.59 Å². The van der Waals surface area contributed by atoms with Crippen molar-refractivity contribution in [2.75, 3.05) is 18.9 Å². The van der Waals surface area contributed by atoms with E-state index in [1.54, 1.807) is 26.1 Å². The summed E-state index contributed by atoms with van der Waals surface area (Å²) in [6, 6.07) is 2.60. The molecule has 1 aromatic heterocycles. The van der Waals surface area contributed by atoms with E-state index in [-0.39, 0.29) is 12.2 Å². The molecule has 1 aliphatic heterocycles. The Bertz CT molecular complexity index is 544. The van der Waals surface area contributed by atoms with E-state index < -0.39 is 23.8 Å². The third-order valence-electron chi connectivity index (χ3n) is 2.95. The summed E-state index contributed by atoms with van der Waals surface area (Å²) in [5.74, 6) is -1.40. The van der Waals surface area contributed by atoms with Crippen molar-refractivity contribution in [2.24, 2.45) is 0 Å². The van der Waals surface area contributed by atoms with E-state index >= 15 is 0 Å². The summed E-state index contributed by atoms with van der Waals surface area (Å²) in [6.45, 7) is 1.43. The van der Waals surface area contributed by atoms with Crippen molar-refractivity contribution in [1.82, 2.24) is 15.2 Å². The number of anilines is 1. The molecule has 19 heavy (non-hydrogen) atoms. The zero-order valence-corrected chi connectivity index (χ0v) is 10.6. The molecule has 1 atom stereocenters. The van der Waals surface area contributed by atoms with E-state index in [1.807, 2.05) is 0 Å². The van der Waals surface area contributed by atoms with Crippen molar-refractivity contribution in [3.63, 3.8) is 0 Å². The highest BCUT2D eigenvalue weighted by atomic mass is 16.2. The van der Waals surface area contributed by atoms with Gasteiger partial charge in [0.2, 0.25) is 11.8 Å². The predicted molar refractivity (Wildman–Crippen MR) is 67.4 cm³/mol. The van der Waals surface area contributed by atoms with E-state index in [1.165, 1.54) is 11.1 Å². The largest absolute Gasteiger partial charge is 0.388 e. The van der Waals surface area contributed by atoms with Gasteiger partial charge in [-0.3, -0.25) is 24.7 Å². The number of hydrogen-bond donors (Lipinski definition) is 2. The van der Waals surface area contributed by atoms with Gasteiger partial charge in [-0.1, -0.05) is 0 Å². The van der Waals surface area contributed by atoms with Crippen LogP contribution in [0.15, 0.2) is 18.3 Å². The normalized spacial score (nSPS) is 19.1. The highest BCUT2D eigenvalue weighted by Crippen LogP contribution is 2.13. The first kappa shape index (κ1) is 13.0. The summed E-state index contributed by atoms with van der Waals surface area (Å²) in [5, 5.41) is 5.08. The van der Waals surface area contributed by atoms with Gasteiger partial charge in [0, 0.05) is 18.9 Å². The minimum absolute atomic E-state index is 0.142. The molecule has 0 aromatic carbocycles. The first-order chi connectivity index (χ1) is 9.02. The van der Waals surface area contributed by atoms with Crippen molar-refractivity contribution >= 4 is 23.4 Å².